The van der Waals surface area contributed by atoms with Crippen molar-refractivity contribution in [2.45, 2.75) is 31.4 Å². The fourth-order valence-corrected chi connectivity index (χ4v) is 4.32. The molecule has 0 saturated carbocycles. The summed E-state index contributed by atoms with van der Waals surface area (Å²) in [6.45, 7) is 2.53. The van der Waals surface area contributed by atoms with Crippen LogP contribution < -0.4 is 14.8 Å². The molecule has 150 valence electrons. The van der Waals surface area contributed by atoms with Gasteiger partial charge in [-0.1, -0.05) is 30.3 Å². The average molecular weight is 410 g/mol. The lowest BCUT2D eigenvalue weighted by Crippen LogP contribution is -2.57. The Hall–Kier alpha value is -2.77. The van der Waals surface area contributed by atoms with Crippen molar-refractivity contribution in [2.75, 3.05) is 13.7 Å². The van der Waals surface area contributed by atoms with Gasteiger partial charge >= 0.3 is 0 Å². The summed E-state index contributed by atoms with van der Waals surface area (Å²) in [5, 5.41) is 3.40. The van der Waals surface area contributed by atoms with Gasteiger partial charge in [-0.15, -0.1) is 0 Å². The number of ether oxygens (including phenoxy) is 2. The van der Waals surface area contributed by atoms with E-state index in [-0.39, 0.29) is 5.78 Å². The van der Waals surface area contributed by atoms with Crippen molar-refractivity contribution < 1.29 is 14.3 Å². The molecule has 3 heterocycles. The predicted molar refractivity (Wildman–Crippen MR) is 113 cm³/mol. The summed E-state index contributed by atoms with van der Waals surface area (Å²) in [6.07, 6.45) is 4.80. The number of carbonyl (C=O) groups is 1. The van der Waals surface area contributed by atoms with E-state index in [9.17, 15) is 4.79 Å². The van der Waals surface area contributed by atoms with Crippen LogP contribution in [-0.4, -0.2) is 40.4 Å². The summed E-state index contributed by atoms with van der Waals surface area (Å²) in [5.41, 5.74) is 0.763. The minimum Gasteiger partial charge on any atom is -0.497 e. The lowest BCUT2D eigenvalue weighted by atomic mass is 9.85. The van der Waals surface area contributed by atoms with E-state index in [0.717, 1.165) is 17.5 Å². The number of carbonyl (C=O) groups excluding carboxylic acids is 1. The summed E-state index contributed by atoms with van der Waals surface area (Å²) < 4.78 is 15.9. The van der Waals surface area contributed by atoms with Crippen LogP contribution in [0, 0.1) is 0 Å². The number of ketones is 1. The monoisotopic (exact) mass is 409 g/mol. The highest BCUT2D eigenvalue weighted by Crippen LogP contribution is 2.35. The molecule has 4 rings (SSSR count). The van der Waals surface area contributed by atoms with E-state index in [2.05, 4.69) is 21.6 Å². The van der Waals surface area contributed by atoms with Crippen molar-refractivity contribution in [3.63, 3.8) is 0 Å². The molecular weight excluding hydrogens is 386 g/mol. The van der Waals surface area contributed by atoms with E-state index in [1.165, 1.54) is 11.5 Å². The Morgan fingerprint density at radius 1 is 1.28 bits per heavy atom. The standard InChI is InChI=1S/C22H23N3O3S/c1-15-8-10-22(14-24-15,28-19-12-17(27-2)9-11-23-19)21(26)20-18(13-25-29-20)16-6-4-3-5-7-16/h3-7,9,11-13,15,24H,8,10,14H2,1-2H3/t15-,22-/m1/s1. The van der Waals surface area contributed by atoms with E-state index < -0.39 is 5.60 Å². The predicted octanol–water partition coefficient (Wildman–Crippen LogP) is 3.99. The second kappa shape index (κ2) is 8.31. The van der Waals surface area contributed by atoms with Crippen LogP contribution in [0.2, 0.25) is 0 Å². The lowest BCUT2D eigenvalue weighted by Gasteiger charge is -2.38. The number of hydrogen-bond acceptors (Lipinski definition) is 7. The van der Waals surface area contributed by atoms with Gasteiger partial charge in [0.25, 0.3) is 0 Å². The molecule has 2 aromatic heterocycles. The Bertz CT molecular complexity index is 982. The van der Waals surface area contributed by atoms with Gasteiger partial charge in [0.15, 0.2) is 5.60 Å². The van der Waals surface area contributed by atoms with E-state index in [0.29, 0.717) is 35.5 Å². The zero-order valence-electron chi connectivity index (χ0n) is 16.4. The van der Waals surface area contributed by atoms with Crippen molar-refractivity contribution in [2.24, 2.45) is 0 Å². The Morgan fingerprint density at radius 2 is 2.10 bits per heavy atom. The molecule has 0 unspecified atom stereocenters. The van der Waals surface area contributed by atoms with Crippen molar-refractivity contribution in [1.29, 1.82) is 0 Å². The first-order chi connectivity index (χ1) is 14.1. The molecule has 2 atom stereocenters. The highest BCUT2D eigenvalue weighted by Gasteiger charge is 2.45. The Balaban J connectivity index is 1.71. The second-order valence-corrected chi connectivity index (χ2v) is 8.02. The van der Waals surface area contributed by atoms with Crippen molar-refractivity contribution in [3.05, 3.63) is 59.7 Å². The topological polar surface area (TPSA) is 73.3 Å². The molecule has 1 aliphatic heterocycles. The van der Waals surface area contributed by atoms with Crippen LogP contribution in [0.15, 0.2) is 54.9 Å². The number of nitrogens with zero attached hydrogens (tertiary/aromatic N) is 2. The summed E-state index contributed by atoms with van der Waals surface area (Å²) in [6, 6.07) is 13.6. The normalized spacial score (nSPS) is 21.5. The van der Waals surface area contributed by atoms with Crippen LogP contribution in [0.4, 0.5) is 0 Å². The van der Waals surface area contributed by atoms with Crippen molar-refractivity contribution in [1.82, 2.24) is 14.7 Å². The number of benzene rings is 1. The van der Waals surface area contributed by atoms with Gasteiger partial charge in [-0.25, -0.2) is 4.98 Å². The molecule has 1 fully saturated rings. The number of pyridine rings is 1. The molecular formula is C22H23N3O3S. The van der Waals surface area contributed by atoms with Crippen LogP contribution >= 0.6 is 11.5 Å². The third-order valence-electron chi connectivity index (χ3n) is 5.23. The summed E-state index contributed by atoms with van der Waals surface area (Å²) >= 11 is 1.21. The lowest BCUT2D eigenvalue weighted by molar-refractivity contribution is 0.0268. The van der Waals surface area contributed by atoms with Gasteiger partial charge in [0, 0.05) is 36.6 Å². The van der Waals surface area contributed by atoms with Crippen molar-refractivity contribution in [3.8, 4) is 22.8 Å². The Kier molecular flexibility index (Phi) is 5.60. The van der Waals surface area contributed by atoms with Gasteiger partial charge < -0.3 is 14.8 Å². The number of nitrogens with one attached hydrogen (secondary N) is 1. The maximum atomic E-state index is 13.8. The fraction of sp³-hybridized carbons (Fsp3) is 0.318. The molecule has 29 heavy (non-hydrogen) atoms. The van der Waals surface area contributed by atoms with Gasteiger partial charge in [0.05, 0.1) is 7.11 Å². The highest BCUT2D eigenvalue weighted by atomic mass is 32.1. The fourth-order valence-electron chi connectivity index (χ4n) is 3.51. The second-order valence-electron chi connectivity index (χ2n) is 7.21. The molecule has 1 saturated heterocycles. The number of Topliss-reactive ketones (excluding diaryl/α,β-unsaturated/α-hetero) is 1. The highest BCUT2D eigenvalue weighted by molar-refractivity contribution is 7.08. The first-order valence-electron chi connectivity index (χ1n) is 9.59. The molecule has 0 spiro atoms. The third kappa shape index (κ3) is 4.02. The largest absolute Gasteiger partial charge is 0.497 e. The molecule has 3 aromatic rings. The minimum absolute atomic E-state index is 0.0668. The van der Waals surface area contributed by atoms with Crippen LogP contribution in [0.1, 0.15) is 29.4 Å². The Morgan fingerprint density at radius 3 is 2.83 bits per heavy atom. The molecule has 7 heteroatoms. The maximum absolute atomic E-state index is 13.8. The van der Waals surface area contributed by atoms with Crippen LogP contribution in [0.3, 0.4) is 0 Å². The van der Waals surface area contributed by atoms with Crippen LogP contribution in [0.25, 0.3) is 11.1 Å². The smallest absolute Gasteiger partial charge is 0.219 e. The quantitative estimate of drug-likeness (QED) is 0.621. The van der Waals surface area contributed by atoms with Crippen LogP contribution in [0.5, 0.6) is 11.6 Å². The summed E-state index contributed by atoms with van der Waals surface area (Å²) in [5.74, 6) is 0.945. The van der Waals surface area contributed by atoms with Gasteiger partial charge in [0.2, 0.25) is 11.7 Å². The number of rotatable bonds is 6. The number of aromatic nitrogens is 2. The van der Waals surface area contributed by atoms with Gasteiger partial charge in [-0.2, -0.15) is 4.37 Å². The SMILES string of the molecule is COc1ccnc(O[C@]2(C(=O)c3sncc3-c3ccccc3)CC[C@@H](C)NC2)c1. The van der Waals surface area contributed by atoms with Crippen molar-refractivity contribution >= 4 is 17.3 Å². The zero-order chi connectivity index (χ0) is 20.3. The number of piperidine rings is 1. The first kappa shape index (κ1) is 19.5. The van der Waals surface area contributed by atoms with Crippen LogP contribution in [-0.2, 0) is 0 Å². The first-order valence-corrected chi connectivity index (χ1v) is 10.4. The van der Waals surface area contributed by atoms with Gasteiger partial charge in [-0.05, 0) is 42.9 Å². The molecule has 0 aliphatic carbocycles. The Labute approximate surface area is 174 Å². The molecule has 1 N–H and O–H groups in total. The molecule has 0 bridgehead atoms. The summed E-state index contributed by atoms with van der Waals surface area (Å²) in [4.78, 5) is 18.7. The molecule has 0 amide bonds. The van der Waals surface area contributed by atoms with Gasteiger partial charge in [0.1, 0.15) is 10.6 Å². The third-order valence-corrected chi connectivity index (χ3v) is 6.03. The average Bonchev–Trinajstić information content (AvgIpc) is 3.25. The van der Waals surface area contributed by atoms with E-state index in [4.69, 9.17) is 9.47 Å². The van der Waals surface area contributed by atoms with E-state index in [1.807, 2.05) is 30.3 Å². The minimum atomic E-state index is -1.04. The summed E-state index contributed by atoms with van der Waals surface area (Å²) in [7, 11) is 1.59. The van der Waals surface area contributed by atoms with E-state index >= 15 is 0 Å². The number of hydrogen-bond donors (Lipinski definition) is 1. The number of methoxy groups -OCH3 is 1. The zero-order valence-corrected chi connectivity index (χ0v) is 17.2. The van der Waals surface area contributed by atoms with E-state index in [1.54, 1.807) is 31.6 Å². The molecule has 6 nitrogen and oxygen atoms in total. The van der Waals surface area contributed by atoms with Gasteiger partial charge in [-0.3, -0.25) is 4.79 Å². The maximum Gasteiger partial charge on any atom is 0.219 e. The molecule has 1 aliphatic rings. The molecule has 0 radical (unpaired) electrons. The molecule has 1 aromatic carbocycles.